The molecule has 0 saturated carbocycles. The summed E-state index contributed by atoms with van der Waals surface area (Å²) in [7, 11) is 1.54. The van der Waals surface area contributed by atoms with Crippen LogP contribution in [0.2, 0.25) is 5.15 Å². The lowest BCUT2D eigenvalue weighted by Gasteiger charge is -2.10. The van der Waals surface area contributed by atoms with Crippen LogP contribution in [0, 0.1) is 13.8 Å². The Morgan fingerprint density at radius 2 is 2.00 bits per heavy atom. The first-order valence-electron chi connectivity index (χ1n) is 5.86. The SMILES string of the molecule is COc1cc(Cl)nc(COc2cccc(C)c2C)n1. The van der Waals surface area contributed by atoms with Gasteiger partial charge in [0.15, 0.2) is 5.82 Å². The van der Waals surface area contributed by atoms with Crippen molar-refractivity contribution in [2.75, 3.05) is 7.11 Å². The molecule has 0 bridgehead atoms. The second kappa shape index (κ2) is 5.89. The second-order valence-corrected chi connectivity index (χ2v) is 4.52. The summed E-state index contributed by atoms with van der Waals surface area (Å²) in [6, 6.07) is 7.48. The van der Waals surface area contributed by atoms with Crippen LogP contribution in [0.15, 0.2) is 24.3 Å². The summed E-state index contributed by atoms with van der Waals surface area (Å²) in [6.07, 6.45) is 0. The Morgan fingerprint density at radius 3 is 2.74 bits per heavy atom. The number of hydrogen-bond acceptors (Lipinski definition) is 4. The highest BCUT2D eigenvalue weighted by Gasteiger charge is 2.06. The quantitative estimate of drug-likeness (QED) is 0.805. The fourth-order valence-corrected chi connectivity index (χ4v) is 1.82. The number of methoxy groups -OCH3 is 1. The van der Waals surface area contributed by atoms with Gasteiger partial charge in [0.1, 0.15) is 17.5 Å². The van der Waals surface area contributed by atoms with Crippen LogP contribution in [-0.2, 0) is 6.61 Å². The van der Waals surface area contributed by atoms with E-state index in [1.807, 2.05) is 32.0 Å². The zero-order valence-corrected chi connectivity index (χ0v) is 11.9. The molecule has 100 valence electrons. The van der Waals surface area contributed by atoms with Crippen molar-refractivity contribution < 1.29 is 9.47 Å². The van der Waals surface area contributed by atoms with Gasteiger partial charge in [-0.2, -0.15) is 4.98 Å². The Kier molecular flexibility index (Phi) is 4.22. The van der Waals surface area contributed by atoms with Crippen LogP contribution in [-0.4, -0.2) is 17.1 Å². The Labute approximate surface area is 117 Å². The molecule has 2 rings (SSSR count). The van der Waals surface area contributed by atoms with Crippen molar-refractivity contribution in [2.45, 2.75) is 20.5 Å². The molecule has 5 heteroatoms. The highest BCUT2D eigenvalue weighted by atomic mass is 35.5. The molecule has 1 heterocycles. The van der Waals surface area contributed by atoms with E-state index in [2.05, 4.69) is 9.97 Å². The number of rotatable bonds is 4. The van der Waals surface area contributed by atoms with Crippen LogP contribution < -0.4 is 9.47 Å². The number of aryl methyl sites for hydroxylation is 1. The third kappa shape index (κ3) is 3.35. The zero-order chi connectivity index (χ0) is 13.8. The van der Waals surface area contributed by atoms with E-state index in [1.165, 1.54) is 12.7 Å². The fourth-order valence-electron chi connectivity index (χ4n) is 1.63. The predicted molar refractivity (Wildman–Crippen MR) is 73.8 cm³/mol. The van der Waals surface area contributed by atoms with Crippen LogP contribution in [0.5, 0.6) is 11.6 Å². The minimum atomic E-state index is 0.251. The van der Waals surface area contributed by atoms with Crippen molar-refractivity contribution in [2.24, 2.45) is 0 Å². The second-order valence-electron chi connectivity index (χ2n) is 4.14. The molecule has 2 aromatic rings. The van der Waals surface area contributed by atoms with Crippen LogP contribution in [0.1, 0.15) is 17.0 Å². The average molecular weight is 279 g/mol. The smallest absolute Gasteiger partial charge is 0.217 e. The first-order chi connectivity index (χ1) is 9.10. The van der Waals surface area contributed by atoms with E-state index in [0.717, 1.165) is 11.3 Å². The monoisotopic (exact) mass is 278 g/mol. The molecule has 0 saturated heterocycles. The Balaban J connectivity index is 2.14. The van der Waals surface area contributed by atoms with Gasteiger partial charge in [-0.05, 0) is 31.0 Å². The molecule has 0 aliphatic heterocycles. The molecule has 0 aliphatic carbocycles. The lowest BCUT2D eigenvalue weighted by atomic mass is 10.1. The van der Waals surface area contributed by atoms with Gasteiger partial charge in [0.25, 0.3) is 0 Å². The molecular weight excluding hydrogens is 264 g/mol. The van der Waals surface area contributed by atoms with Crippen LogP contribution in [0.3, 0.4) is 0 Å². The van der Waals surface area contributed by atoms with Gasteiger partial charge >= 0.3 is 0 Å². The maximum absolute atomic E-state index is 5.88. The molecule has 4 nitrogen and oxygen atoms in total. The largest absolute Gasteiger partial charge is 0.485 e. The van der Waals surface area contributed by atoms with Crippen LogP contribution in [0.25, 0.3) is 0 Å². The molecule has 0 unspecified atom stereocenters. The Morgan fingerprint density at radius 1 is 1.21 bits per heavy atom. The Bertz CT molecular complexity index is 588. The van der Waals surface area contributed by atoms with E-state index in [0.29, 0.717) is 16.9 Å². The van der Waals surface area contributed by atoms with Gasteiger partial charge in [-0.3, -0.25) is 0 Å². The first-order valence-corrected chi connectivity index (χ1v) is 6.24. The Hall–Kier alpha value is -1.81. The summed E-state index contributed by atoms with van der Waals surface area (Å²) in [4.78, 5) is 8.27. The van der Waals surface area contributed by atoms with Crippen molar-refractivity contribution in [3.8, 4) is 11.6 Å². The lowest BCUT2D eigenvalue weighted by molar-refractivity contribution is 0.290. The standard InChI is InChI=1S/C14H15ClN2O2/c1-9-5-4-6-11(10(9)2)19-8-13-16-12(15)7-14(17-13)18-3/h4-7H,8H2,1-3H3. The van der Waals surface area contributed by atoms with E-state index in [9.17, 15) is 0 Å². The number of aromatic nitrogens is 2. The van der Waals surface area contributed by atoms with Gasteiger partial charge in [0.05, 0.1) is 7.11 Å². The van der Waals surface area contributed by atoms with Gasteiger partial charge in [-0.25, -0.2) is 4.98 Å². The summed E-state index contributed by atoms with van der Waals surface area (Å²) in [5.41, 5.74) is 2.29. The molecule has 1 aromatic carbocycles. The van der Waals surface area contributed by atoms with Gasteiger partial charge in [-0.1, -0.05) is 23.7 Å². The first kappa shape index (κ1) is 13.6. The molecule has 1 aromatic heterocycles. The van der Waals surface area contributed by atoms with E-state index < -0.39 is 0 Å². The molecule has 0 aliphatic rings. The van der Waals surface area contributed by atoms with E-state index in [1.54, 1.807) is 6.07 Å². The molecule has 0 radical (unpaired) electrons. The molecule has 0 spiro atoms. The van der Waals surface area contributed by atoms with Crippen LogP contribution >= 0.6 is 11.6 Å². The molecule has 19 heavy (non-hydrogen) atoms. The zero-order valence-electron chi connectivity index (χ0n) is 11.1. The summed E-state index contributed by atoms with van der Waals surface area (Å²) >= 11 is 5.88. The molecule has 0 atom stereocenters. The van der Waals surface area contributed by atoms with Gasteiger partial charge in [0.2, 0.25) is 5.88 Å². The molecule has 0 N–H and O–H groups in total. The molecule has 0 fully saturated rings. The van der Waals surface area contributed by atoms with Crippen molar-refractivity contribution in [3.05, 3.63) is 46.4 Å². The summed E-state index contributed by atoms with van der Waals surface area (Å²) < 4.78 is 10.8. The van der Waals surface area contributed by atoms with Crippen LogP contribution in [0.4, 0.5) is 0 Å². The highest BCUT2D eigenvalue weighted by molar-refractivity contribution is 6.29. The lowest BCUT2D eigenvalue weighted by Crippen LogP contribution is -2.04. The van der Waals surface area contributed by atoms with Gasteiger partial charge < -0.3 is 9.47 Å². The van der Waals surface area contributed by atoms with E-state index in [4.69, 9.17) is 21.1 Å². The highest BCUT2D eigenvalue weighted by Crippen LogP contribution is 2.22. The van der Waals surface area contributed by atoms with Crippen molar-refractivity contribution >= 4 is 11.6 Å². The van der Waals surface area contributed by atoms with E-state index >= 15 is 0 Å². The number of nitrogens with zero attached hydrogens (tertiary/aromatic N) is 2. The minimum absolute atomic E-state index is 0.251. The summed E-state index contributed by atoms with van der Waals surface area (Å²) in [6.45, 7) is 4.31. The topological polar surface area (TPSA) is 44.2 Å². The maximum Gasteiger partial charge on any atom is 0.217 e. The summed E-state index contributed by atoms with van der Waals surface area (Å²) in [5.74, 6) is 1.74. The molecular formula is C14H15ClN2O2. The van der Waals surface area contributed by atoms with Crippen molar-refractivity contribution in [3.63, 3.8) is 0 Å². The molecule has 0 amide bonds. The number of halogens is 1. The van der Waals surface area contributed by atoms with Gasteiger partial charge in [0, 0.05) is 6.07 Å². The van der Waals surface area contributed by atoms with Crippen molar-refractivity contribution in [1.29, 1.82) is 0 Å². The van der Waals surface area contributed by atoms with Gasteiger partial charge in [-0.15, -0.1) is 0 Å². The maximum atomic E-state index is 5.88. The third-order valence-corrected chi connectivity index (χ3v) is 3.03. The summed E-state index contributed by atoms with van der Waals surface area (Å²) in [5, 5.41) is 0.339. The fraction of sp³-hybridized carbons (Fsp3) is 0.286. The average Bonchev–Trinajstić information content (AvgIpc) is 2.40. The normalized spacial score (nSPS) is 10.3. The number of ether oxygens (including phenoxy) is 2. The third-order valence-electron chi connectivity index (χ3n) is 2.84. The van der Waals surface area contributed by atoms with E-state index in [-0.39, 0.29) is 6.61 Å². The minimum Gasteiger partial charge on any atom is -0.485 e. The number of hydrogen-bond donors (Lipinski definition) is 0. The van der Waals surface area contributed by atoms with Crippen molar-refractivity contribution in [1.82, 2.24) is 9.97 Å². The number of benzene rings is 1. The predicted octanol–water partition coefficient (Wildman–Crippen LogP) is 3.33.